The Labute approximate surface area is 797 Å². The highest BCUT2D eigenvalue weighted by Crippen LogP contribution is 2.48. The van der Waals surface area contributed by atoms with E-state index in [0.717, 1.165) is 70.6 Å². The lowest BCUT2D eigenvalue weighted by atomic mass is 10.1. The normalized spacial score (nSPS) is 10.3. The molecule has 0 spiro atoms. The van der Waals surface area contributed by atoms with Gasteiger partial charge in [-0.2, -0.15) is 70.2 Å². The molecule has 4 N–H and O–H groups in total. The summed E-state index contributed by atoms with van der Waals surface area (Å²) in [4.78, 5) is 75.7. The number of hydrogen-bond acceptors (Lipinski definition) is 23. The Morgan fingerprint density at radius 3 is 0.719 bits per heavy atom. The van der Waals surface area contributed by atoms with Gasteiger partial charge in [-0.1, -0.05) is 235 Å². The fourth-order valence-electron chi connectivity index (χ4n) is 6.26. The van der Waals surface area contributed by atoms with Crippen LogP contribution in [0.25, 0.3) is 0 Å². The molecule has 0 unspecified atom stereocenters. The highest BCUT2D eigenvalue weighted by molar-refractivity contribution is 5.75. The first-order valence-electron chi connectivity index (χ1n) is 31.3. The van der Waals surface area contributed by atoms with Crippen LogP contribution in [0.5, 0.6) is 0 Å². The lowest BCUT2D eigenvalue weighted by molar-refractivity contribution is -0.599. The number of alkyl carbamates (subject to hydrolysis) is 1. The number of halogens is 36. The molecule has 1 aromatic rings. The molecule has 0 aliphatic heterocycles. The first-order chi connectivity index (χ1) is 53.7. The summed E-state index contributed by atoms with van der Waals surface area (Å²) in [7, 11) is 2.89. The van der Waals surface area contributed by atoms with Crippen molar-refractivity contribution in [3.63, 3.8) is 0 Å². The predicted octanol–water partition coefficient (Wildman–Crippen LogP) is 29.1. The van der Waals surface area contributed by atoms with Gasteiger partial charge in [-0.3, -0.25) is 19.0 Å². The number of rotatable bonds is 51. The minimum atomic E-state index is -7.00. The van der Waals surface area contributed by atoms with E-state index < -0.39 is 158 Å². The highest BCUT2D eigenvalue weighted by Gasteiger charge is 2.73. The van der Waals surface area contributed by atoms with Gasteiger partial charge in [0.1, 0.15) is 32.4 Å². The Morgan fingerprint density at radius 1 is 0.317 bits per heavy atom. The molecule has 0 saturated heterocycles. The van der Waals surface area contributed by atoms with Crippen LogP contribution in [0.1, 0.15) is 286 Å². The van der Waals surface area contributed by atoms with Gasteiger partial charge < -0.3 is 39.6 Å². The monoisotopic (exact) mass is 2190 g/mol. The molecule has 0 saturated carbocycles. The number of aromatic nitrogens is 3. The van der Waals surface area contributed by atoms with E-state index in [1.54, 1.807) is 16.4 Å². The molecule has 0 aromatic carbocycles. The molecular formula is C76H168F36N4O23. The van der Waals surface area contributed by atoms with Crippen molar-refractivity contribution < 1.29 is 255 Å². The number of amides is 1. The van der Waals surface area contributed by atoms with Gasteiger partial charge in [0, 0.05) is 46.6 Å². The molecule has 0 aliphatic carbocycles. The Bertz CT molecular complexity index is 2810. The molecule has 882 valence electrons. The molecule has 0 fully saturated rings. The number of carbonyl (C=O) groups is 3. The number of carbonyl (C=O) groups excluding carboxylic acids is 3. The lowest BCUT2D eigenvalue weighted by Gasteiger charge is -2.31. The number of methoxy groups -OCH3 is 1. The van der Waals surface area contributed by atoms with E-state index in [9.17, 15) is 187 Å². The third-order valence-electron chi connectivity index (χ3n) is 11.2. The number of alkyl halides is 33. The molecule has 0 aliphatic rings. The third kappa shape index (κ3) is 107. The van der Waals surface area contributed by atoms with Crippen molar-refractivity contribution in [2.45, 2.75) is 380 Å². The first kappa shape index (κ1) is 218. The SMILES string of the molecule is C.C.C.C.C.C.C.C.C.C.C.C.C.C.C.C.C.C.C.C.C.C.CCCCCCCn1c(=O)n(CCCCCCCC(C)=O)c(=O)n(CCCCCCCC(=O)OCF)c1=O.CNC(=O)OCCF.COCCF.FCOC(F)(F)OC(F)(F)C(F)(F)OC(F)(F)OC(F)(F)C(F)(F)OF.FCOC(F)(F)OC(F)(F)C(F)(F)OF.FCOC(F)(F)OC(F)(F)C(F)(F)OF.OCCF.OCF.OCF. The van der Waals surface area contributed by atoms with E-state index in [1.165, 1.54) is 42.7 Å². The Kier molecular flexibility index (Phi) is 181. The van der Waals surface area contributed by atoms with Gasteiger partial charge >= 0.3 is 103 Å². The lowest BCUT2D eigenvalue weighted by Crippen LogP contribution is -2.55. The Morgan fingerprint density at radius 2 is 0.532 bits per heavy atom. The van der Waals surface area contributed by atoms with Gasteiger partial charge in [0.05, 0.1) is 13.2 Å². The molecule has 1 aromatic heterocycles. The molecule has 139 heavy (non-hydrogen) atoms. The quantitative estimate of drug-likeness (QED) is 0.0204. The topological polar surface area (TPSA) is 319 Å². The zero-order valence-corrected chi connectivity index (χ0v) is 60.6. The summed E-state index contributed by atoms with van der Waals surface area (Å²) in [6.07, 6.45) is -61.7. The van der Waals surface area contributed by atoms with Crippen molar-refractivity contribution in [1.29, 1.82) is 0 Å². The van der Waals surface area contributed by atoms with Crippen LogP contribution in [0.2, 0.25) is 0 Å². The van der Waals surface area contributed by atoms with Crippen LogP contribution in [0.15, 0.2) is 14.4 Å². The van der Waals surface area contributed by atoms with E-state index in [-0.39, 0.29) is 215 Å². The van der Waals surface area contributed by atoms with Crippen molar-refractivity contribution >= 4 is 17.8 Å². The second-order valence-corrected chi connectivity index (χ2v) is 20.0. The second kappa shape index (κ2) is 115. The largest absolute Gasteiger partial charge is 0.495 e. The van der Waals surface area contributed by atoms with E-state index in [0.29, 0.717) is 38.6 Å². The summed E-state index contributed by atoms with van der Waals surface area (Å²) in [6, 6.07) is 0. The summed E-state index contributed by atoms with van der Waals surface area (Å²) in [6.45, 7) is -8.18. The van der Waals surface area contributed by atoms with Crippen molar-refractivity contribution in [3.05, 3.63) is 31.5 Å². The zero-order valence-electron chi connectivity index (χ0n) is 60.6. The molecule has 1 amide bonds. The summed E-state index contributed by atoms with van der Waals surface area (Å²) in [5.74, 6) is -0.361. The number of nitrogens with one attached hydrogen (secondary N) is 1. The van der Waals surface area contributed by atoms with Crippen molar-refractivity contribution in [2.24, 2.45) is 0 Å². The zero-order chi connectivity index (χ0) is 93.4. The number of unbranched alkanes of at least 4 members (excludes halogenated alkanes) is 12. The Balaban J connectivity index is -0.0000000373. The maximum absolute atomic E-state index is 13.1. The number of aliphatic hydroxyl groups excluding tert-OH is 3. The molecule has 27 nitrogen and oxygen atoms in total. The van der Waals surface area contributed by atoms with Crippen LogP contribution >= 0.6 is 0 Å². The van der Waals surface area contributed by atoms with Gasteiger partial charge in [-0.25, -0.2) is 96.1 Å². The Hall–Kier alpha value is -6.30. The number of aliphatic hydroxyl groups is 3. The summed E-state index contributed by atoms with van der Waals surface area (Å²) < 4.78 is 456. The average Bonchev–Trinajstić information content (AvgIpc) is 0.784. The van der Waals surface area contributed by atoms with Crippen LogP contribution in [-0.2, 0) is 96.2 Å². The van der Waals surface area contributed by atoms with Crippen LogP contribution in [0, 0.1) is 0 Å². The molecule has 1 heterocycles. The first-order valence-corrected chi connectivity index (χ1v) is 31.3. The second-order valence-electron chi connectivity index (χ2n) is 20.0. The van der Waals surface area contributed by atoms with E-state index in [4.69, 9.17) is 15.3 Å². The maximum atomic E-state index is 13.1. The number of nitrogens with zero attached hydrogens (tertiary/aromatic N) is 3. The summed E-state index contributed by atoms with van der Waals surface area (Å²) in [5.41, 5.74) is -1.61. The van der Waals surface area contributed by atoms with Crippen molar-refractivity contribution in [3.8, 4) is 0 Å². The minimum absolute atomic E-state index is 0. The summed E-state index contributed by atoms with van der Waals surface area (Å²) >= 11 is 0. The van der Waals surface area contributed by atoms with Gasteiger partial charge in [0.2, 0.25) is 6.86 Å². The standard InChI is InChI=1S/C28H48FN3O6.C7H2F14O5.2C4H2F8O3.C4H8FNO2.C3H7FO.C2H5FO.2CH3FO.22CH4/c1-3-4-5-10-15-20-30-26(35)31(21-16-11-6-8-13-18-24(2)33)28(37)32(27(30)36)22-17-12-7-9-14-19-25(34)38-23-29;8-1-22-6(17,18)23-2(9,10)3(11,12)24-7(19,20)25-4(13,14)5(15,16)26-21;2*5-1-13-4(10,11)14-2(6,7)3(8,9)15-12;1-6-4(7)8-3-2-5;1-5-3-2-4;3-1-2-4;2*2-1-3;;;;;;;;;;;;;;;;;;;;;;/h3-23H2,1-2H3;1H2;2*1H2;2-3H2,1H3,(H,6,7);2-3H2,1H3;4H,1-2H2;2*3H,1H2;22*1H4. The van der Waals surface area contributed by atoms with E-state index in [2.05, 4.69) is 50.1 Å². The number of ketones is 1. The average molecular weight is 2190 g/mol. The maximum Gasteiger partial charge on any atom is 0.495 e. The minimum Gasteiger partial charge on any atom is -0.447 e. The van der Waals surface area contributed by atoms with Gasteiger partial charge in [-0.05, 0) is 52.6 Å². The molecule has 0 atom stereocenters. The number of esters is 1. The van der Waals surface area contributed by atoms with Crippen molar-refractivity contribution in [1.82, 2.24) is 19.0 Å². The van der Waals surface area contributed by atoms with Gasteiger partial charge in [0.15, 0.2) is 34.3 Å². The van der Waals surface area contributed by atoms with Crippen molar-refractivity contribution in [2.75, 3.05) is 95.2 Å². The fourth-order valence-corrected chi connectivity index (χ4v) is 6.26. The fraction of sp³-hybridized carbons (Fsp3) is 0.921. The molecule has 0 bridgehead atoms. The highest BCUT2D eigenvalue weighted by atomic mass is 19.4. The van der Waals surface area contributed by atoms with E-state index >= 15 is 0 Å². The molecular weight excluding hydrogens is 2020 g/mol. The van der Waals surface area contributed by atoms with Crippen LogP contribution < -0.4 is 22.4 Å². The smallest absolute Gasteiger partial charge is 0.447 e. The van der Waals surface area contributed by atoms with Gasteiger partial charge in [0.25, 0.3) is 0 Å². The van der Waals surface area contributed by atoms with Crippen LogP contribution in [-0.4, -0.2) is 216 Å². The van der Waals surface area contributed by atoms with Gasteiger partial charge in [-0.15, -0.1) is 49.9 Å². The number of hydrogen-bond donors (Lipinski definition) is 4. The predicted molar refractivity (Wildman–Crippen MR) is 460 cm³/mol. The third-order valence-corrected chi connectivity index (χ3v) is 11.2. The number of Topliss-reactive ketones (excluding diaryl/α,β-unsaturated/α-hetero) is 1. The van der Waals surface area contributed by atoms with Crippen LogP contribution in [0.3, 0.4) is 0 Å². The summed E-state index contributed by atoms with van der Waals surface area (Å²) in [5, 5.41) is 23.5. The molecule has 1 rings (SSSR count). The van der Waals surface area contributed by atoms with Crippen LogP contribution in [0.4, 0.5) is 163 Å². The number of ether oxygens (including phenoxy) is 11. The van der Waals surface area contributed by atoms with E-state index in [1.807, 2.05) is 4.74 Å². The molecule has 63 heteroatoms. The molecule has 0 radical (unpaired) electrons.